The molecule has 3 nitrogen and oxygen atoms in total. The van der Waals surface area contributed by atoms with E-state index in [0.717, 1.165) is 11.3 Å². The molecule has 0 fully saturated rings. The van der Waals surface area contributed by atoms with Gasteiger partial charge in [-0.1, -0.05) is 42.5 Å². The zero-order valence-corrected chi connectivity index (χ0v) is 12.4. The summed E-state index contributed by atoms with van der Waals surface area (Å²) in [7, 11) is 1.73. The number of hydrogen-bond acceptors (Lipinski definition) is 2. The van der Waals surface area contributed by atoms with E-state index in [-0.39, 0.29) is 11.7 Å². The van der Waals surface area contributed by atoms with Crippen LogP contribution in [0.1, 0.15) is 35.3 Å². The second kappa shape index (κ2) is 4.55. The highest BCUT2D eigenvalue weighted by Gasteiger charge is 2.43. The van der Waals surface area contributed by atoms with Gasteiger partial charge in [0.2, 0.25) is 5.91 Å². The molecule has 0 N–H and O–H groups in total. The second-order valence-electron chi connectivity index (χ2n) is 5.89. The van der Waals surface area contributed by atoms with E-state index in [1.165, 1.54) is 0 Å². The van der Waals surface area contributed by atoms with Crippen molar-refractivity contribution in [1.82, 2.24) is 0 Å². The maximum atomic E-state index is 12.7. The summed E-state index contributed by atoms with van der Waals surface area (Å²) in [5, 5.41) is 0. The molecule has 0 aliphatic carbocycles. The fourth-order valence-electron chi connectivity index (χ4n) is 2.97. The Morgan fingerprint density at radius 2 is 1.67 bits per heavy atom. The minimum Gasteiger partial charge on any atom is -0.314 e. The normalized spacial score (nSPS) is 16.0. The van der Waals surface area contributed by atoms with Crippen molar-refractivity contribution in [3.05, 3.63) is 65.2 Å². The quantitative estimate of drug-likeness (QED) is 0.792. The molecule has 21 heavy (non-hydrogen) atoms. The Morgan fingerprint density at radius 1 is 1.00 bits per heavy atom. The molecule has 106 valence electrons. The smallest absolute Gasteiger partial charge is 0.236 e. The topological polar surface area (TPSA) is 37.4 Å². The summed E-state index contributed by atoms with van der Waals surface area (Å²) in [5.41, 5.74) is 2.28. The lowest BCUT2D eigenvalue weighted by molar-refractivity contribution is -0.121. The summed E-state index contributed by atoms with van der Waals surface area (Å²) in [5.74, 6) is -0.0318. The Morgan fingerprint density at radius 3 is 2.33 bits per heavy atom. The highest BCUT2D eigenvalue weighted by molar-refractivity contribution is 6.18. The number of anilines is 1. The number of ketones is 1. The van der Waals surface area contributed by atoms with Crippen LogP contribution in [0.2, 0.25) is 0 Å². The van der Waals surface area contributed by atoms with E-state index in [2.05, 4.69) is 0 Å². The Labute approximate surface area is 124 Å². The van der Waals surface area contributed by atoms with Crippen LogP contribution in [0.3, 0.4) is 0 Å². The number of benzene rings is 2. The zero-order valence-electron chi connectivity index (χ0n) is 12.4. The van der Waals surface area contributed by atoms with Gasteiger partial charge in [-0.3, -0.25) is 9.59 Å². The summed E-state index contributed by atoms with van der Waals surface area (Å²) in [6.45, 7) is 3.79. The van der Waals surface area contributed by atoms with Gasteiger partial charge >= 0.3 is 0 Å². The number of rotatable bonds is 2. The lowest BCUT2D eigenvalue weighted by Crippen LogP contribution is -2.33. The first-order valence-electron chi connectivity index (χ1n) is 6.96. The number of nitrogens with zero attached hydrogens (tertiary/aromatic N) is 1. The average Bonchev–Trinajstić information content (AvgIpc) is 2.69. The number of para-hydroxylation sites is 1. The SMILES string of the molecule is CN1C(=O)C(C)(C)c2cccc(C(=O)c3ccccc3)c21. The molecule has 2 aromatic carbocycles. The average molecular weight is 279 g/mol. The monoisotopic (exact) mass is 279 g/mol. The first-order valence-corrected chi connectivity index (χ1v) is 6.96. The van der Waals surface area contributed by atoms with Crippen molar-refractivity contribution in [3.63, 3.8) is 0 Å². The van der Waals surface area contributed by atoms with Crippen LogP contribution in [0.5, 0.6) is 0 Å². The van der Waals surface area contributed by atoms with Crippen molar-refractivity contribution >= 4 is 17.4 Å². The predicted octanol–water partition coefficient (Wildman–Crippen LogP) is 3.17. The molecule has 2 aromatic rings. The van der Waals surface area contributed by atoms with Crippen LogP contribution >= 0.6 is 0 Å². The van der Waals surface area contributed by atoms with Gasteiger partial charge in [0.05, 0.1) is 11.1 Å². The molecular formula is C18H17NO2. The third kappa shape index (κ3) is 1.88. The van der Waals surface area contributed by atoms with Crippen LogP contribution in [-0.4, -0.2) is 18.7 Å². The highest BCUT2D eigenvalue weighted by Crippen LogP contribution is 2.43. The molecule has 0 atom stereocenters. The van der Waals surface area contributed by atoms with Gasteiger partial charge in [-0.2, -0.15) is 0 Å². The minimum absolute atomic E-state index is 0.0193. The van der Waals surface area contributed by atoms with E-state index < -0.39 is 5.41 Å². The standard InChI is InChI=1S/C18H17NO2/c1-18(2)14-11-7-10-13(15(14)19(3)17(18)21)16(20)12-8-5-4-6-9-12/h4-11H,1-3H3. The maximum Gasteiger partial charge on any atom is 0.236 e. The molecule has 0 spiro atoms. The fraction of sp³-hybridized carbons (Fsp3) is 0.222. The van der Waals surface area contributed by atoms with Crippen LogP contribution in [-0.2, 0) is 10.2 Å². The van der Waals surface area contributed by atoms with Crippen molar-refractivity contribution in [2.45, 2.75) is 19.3 Å². The van der Waals surface area contributed by atoms with Gasteiger partial charge < -0.3 is 4.90 Å². The third-order valence-electron chi connectivity index (χ3n) is 4.16. The van der Waals surface area contributed by atoms with E-state index >= 15 is 0 Å². The number of carbonyl (C=O) groups is 2. The Bertz CT molecular complexity index is 732. The summed E-state index contributed by atoms with van der Waals surface area (Å²) in [4.78, 5) is 26.7. The number of hydrogen-bond donors (Lipinski definition) is 0. The highest BCUT2D eigenvalue weighted by atomic mass is 16.2. The molecule has 1 aliphatic heterocycles. The van der Waals surface area contributed by atoms with Crippen molar-refractivity contribution in [2.75, 3.05) is 11.9 Å². The van der Waals surface area contributed by atoms with Gasteiger partial charge in [-0.05, 0) is 25.5 Å². The van der Waals surface area contributed by atoms with Gasteiger partial charge in [0.1, 0.15) is 0 Å². The molecule has 0 radical (unpaired) electrons. The number of amides is 1. The summed E-state index contributed by atoms with van der Waals surface area (Å²) < 4.78 is 0. The molecule has 0 unspecified atom stereocenters. The number of likely N-dealkylation sites (N-methyl/N-ethyl adjacent to an activating group) is 1. The van der Waals surface area contributed by atoms with E-state index in [9.17, 15) is 9.59 Å². The maximum absolute atomic E-state index is 12.7. The molecule has 0 aromatic heterocycles. The fourth-order valence-corrected chi connectivity index (χ4v) is 2.97. The first kappa shape index (κ1) is 13.6. The van der Waals surface area contributed by atoms with E-state index in [0.29, 0.717) is 11.1 Å². The molecule has 0 saturated heterocycles. The molecule has 0 saturated carbocycles. The molecule has 3 rings (SSSR count). The zero-order chi connectivity index (χ0) is 15.2. The number of carbonyl (C=O) groups excluding carboxylic acids is 2. The molecule has 3 heteroatoms. The Kier molecular flexibility index (Phi) is 2.94. The Balaban J connectivity index is 2.18. The van der Waals surface area contributed by atoms with Crippen LogP contribution in [0.4, 0.5) is 5.69 Å². The molecule has 1 heterocycles. The van der Waals surface area contributed by atoms with Crippen LogP contribution < -0.4 is 4.90 Å². The summed E-state index contributed by atoms with van der Waals surface area (Å²) in [6.07, 6.45) is 0. The second-order valence-corrected chi connectivity index (χ2v) is 5.89. The minimum atomic E-state index is -0.586. The van der Waals surface area contributed by atoms with Crippen molar-refractivity contribution < 1.29 is 9.59 Å². The van der Waals surface area contributed by atoms with Crippen LogP contribution in [0.25, 0.3) is 0 Å². The van der Waals surface area contributed by atoms with Crippen molar-refractivity contribution in [1.29, 1.82) is 0 Å². The Hall–Kier alpha value is -2.42. The predicted molar refractivity (Wildman–Crippen MR) is 82.8 cm³/mol. The molecule has 0 bridgehead atoms. The van der Waals surface area contributed by atoms with Crippen LogP contribution in [0.15, 0.2) is 48.5 Å². The van der Waals surface area contributed by atoms with E-state index in [1.807, 2.05) is 44.2 Å². The third-order valence-corrected chi connectivity index (χ3v) is 4.16. The van der Waals surface area contributed by atoms with Gasteiger partial charge in [0.25, 0.3) is 0 Å². The lowest BCUT2D eigenvalue weighted by Gasteiger charge is -2.16. The van der Waals surface area contributed by atoms with E-state index in [4.69, 9.17) is 0 Å². The summed E-state index contributed by atoms with van der Waals surface area (Å²) in [6, 6.07) is 14.7. The lowest BCUT2D eigenvalue weighted by atomic mass is 9.85. The molecule has 1 aliphatic rings. The van der Waals surface area contributed by atoms with Crippen molar-refractivity contribution in [3.8, 4) is 0 Å². The van der Waals surface area contributed by atoms with Gasteiger partial charge in [-0.25, -0.2) is 0 Å². The molecular weight excluding hydrogens is 262 g/mol. The number of fused-ring (bicyclic) bond motifs is 1. The first-order chi connectivity index (χ1) is 9.94. The van der Waals surface area contributed by atoms with Gasteiger partial charge in [-0.15, -0.1) is 0 Å². The van der Waals surface area contributed by atoms with Crippen molar-refractivity contribution in [2.24, 2.45) is 0 Å². The van der Waals surface area contributed by atoms with Gasteiger partial charge in [0.15, 0.2) is 5.78 Å². The summed E-state index contributed by atoms with van der Waals surface area (Å²) >= 11 is 0. The largest absolute Gasteiger partial charge is 0.314 e. The van der Waals surface area contributed by atoms with E-state index in [1.54, 1.807) is 30.1 Å². The molecule has 1 amide bonds. The van der Waals surface area contributed by atoms with Crippen LogP contribution in [0, 0.1) is 0 Å². The van der Waals surface area contributed by atoms with Gasteiger partial charge in [0, 0.05) is 18.2 Å².